The first-order valence-corrected chi connectivity index (χ1v) is 8.97. The van der Waals surface area contributed by atoms with Crippen molar-refractivity contribution in [2.75, 3.05) is 32.8 Å². The molecule has 0 aliphatic carbocycles. The van der Waals surface area contributed by atoms with Gasteiger partial charge in [-0.05, 0) is 43.4 Å². The minimum absolute atomic E-state index is 0. The second kappa shape index (κ2) is 12.2. The summed E-state index contributed by atoms with van der Waals surface area (Å²) in [5, 5.41) is 3.74. The standard InChI is InChI=1S/C18H28ClFN2O.2ClH/c1-4-23-18-15(19)11-14(12-16(18)20)17(6-5-13(2)3)22-9-7-21-8-10-22;;/h11-13,17,21H,4-10H2,1-3H3;2*1H/t17-;;/m1../s1. The molecule has 0 amide bonds. The number of rotatable bonds is 7. The molecule has 0 unspecified atom stereocenters. The Balaban J connectivity index is 0.00000288. The van der Waals surface area contributed by atoms with Crippen LogP contribution in [0.4, 0.5) is 4.39 Å². The summed E-state index contributed by atoms with van der Waals surface area (Å²) in [4.78, 5) is 2.43. The quantitative estimate of drug-likeness (QED) is 0.670. The molecule has 0 radical (unpaired) electrons. The van der Waals surface area contributed by atoms with Crippen LogP contribution >= 0.6 is 36.4 Å². The van der Waals surface area contributed by atoms with Gasteiger partial charge in [0, 0.05) is 32.2 Å². The molecule has 1 heterocycles. The molecule has 1 aliphatic rings. The third kappa shape index (κ3) is 7.10. The summed E-state index contributed by atoms with van der Waals surface area (Å²) in [7, 11) is 0. The summed E-state index contributed by atoms with van der Waals surface area (Å²) in [6.45, 7) is 10.6. The molecule has 1 atom stereocenters. The zero-order valence-corrected chi connectivity index (χ0v) is 17.6. The molecule has 0 bridgehead atoms. The van der Waals surface area contributed by atoms with Crippen LogP contribution in [0.25, 0.3) is 0 Å². The van der Waals surface area contributed by atoms with Crippen molar-refractivity contribution in [2.24, 2.45) is 5.92 Å². The van der Waals surface area contributed by atoms with Crippen LogP contribution in [0.1, 0.15) is 45.2 Å². The third-order valence-corrected chi connectivity index (χ3v) is 4.58. The highest BCUT2D eigenvalue weighted by Crippen LogP contribution is 2.35. The lowest BCUT2D eigenvalue weighted by Gasteiger charge is -2.36. The Labute approximate surface area is 168 Å². The number of nitrogens with one attached hydrogen (secondary N) is 1. The van der Waals surface area contributed by atoms with Crippen molar-refractivity contribution in [1.82, 2.24) is 10.2 Å². The number of ether oxygens (including phenoxy) is 1. The van der Waals surface area contributed by atoms with Crippen LogP contribution in [-0.4, -0.2) is 37.7 Å². The van der Waals surface area contributed by atoms with Gasteiger partial charge in [0.05, 0.1) is 11.6 Å². The first kappa shape index (κ1) is 24.7. The average molecular weight is 416 g/mol. The van der Waals surface area contributed by atoms with E-state index in [0.717, 1.165) is 44.6 Å². The predicted octanol–water partition coefficient (Wildman–Crippen LogP) is 5.10. The lowest BCUT2D eigenvalue weighted by molar-refractivity contribution is 0.159. The zero-order valence-electron chi connectivity index (χ0n) is 15.2. The number of hydrogen-bond donors (Lipinski definition) is 1. The smallest absolute Gasteiger partial charge is 0.173 e. The van der Waals surface area contributed by atoms with Crippen LogP contribution in [0.5, 0.6) is 5.75 Å². The van der Waals surface area contributed by atoms with Gasteiger partial charge in [0.1, 0.15) is 0 Å². The fourth-order valence-electron chi connectivity index (χ4n) is 3.10. The van der Waals surface area contributed by atoms with E-state index in [1.807, 2.05) is 13.0 Å². The molecule has 0 spiro atoms. The molecular weight excluding hydrogens is 386 g/mol. The topological polar surface area (TPSA) is 24.5 Å². The monoisotopic (exact) mass is 414 g/mol. The SMILES string of the molecule is CCOc1c(F)cc([C@@H](CCC(C)C)N2CCNCC2)cc1Cl.Cl.Cl. The van der Waals surface area contributed by atoms with Gasteiger partial charge in [0.15, 0.2) is 11.6 Å². The first-order valence-electron chi connectivity index (χ1n) is 8.59. The maximum atomic E-state index is 14.4. The molecule has 3 nitrogen and oxygen atoms in total. The molecule has 1 saturated heterocycles. The van der Waals surface area contributed by atoms with Gasteiger partial charge in [-0.15, -0.1) is 24.8 Å². The second-order valence-electron chi connectivity index (χ2n) is 6.52. The van der Waals surface area contributed by atoms with Gasteiger partial charge >= 0.3 is 0 Å². The molecule has 146 valence electrons. The minimum Gasteiger partial charge on any atom is -0.489 e. The molecule has 2 rings (SSSR count). The van der Waals surface area contributed by atoms with E-state index in [4.69, 9.17) is 16.3 Å². The van der Waals surface area contributed by atoms with Gasteiger partial charge in [-0.1, -0.05) is 25.4 Å². The van der Waals surface area contributed by atoms with Crippen molar-refractivity contribution in [3.63, 3.8) is 0 Å². The van der Waals surface area contributed by atoms with Crippen LogP contribution in [-0.2, 0) is 0 Å². The second-order valence-corrected chi connectivity index (χ2v) is 6.93. The molecule has 1 aromatic carbocycles. The maximum Gasteiger partial charge on any atom is 0.173 e. The molecular formula is C18H30Cl3FN2O. The van der Waals surface area contributed by atoms with Crippen LogP contribution < -0.4 is 10.1 Å². The molecule has 1 N–H and O–H groups in total. The number of nitrogens with zero attached hydrogens (tertiary/aromatic N) is 1. The van der Waals surface area contributed by atoms with Gasteiger partial charge in [-0.3, -0.25) is 4.90 Å². The molecule has 1 aromatic rings. The largest absolute Gasteiger partial charge is 0.489 e. The lowest BCUT2D eigenvalue weighted by Crippen LogP contribution is -2.45. The number of halogens is 4. The molecule has 25 heavy (non-hydrogen) atoms. The van der Waals surface area contributed by atoms with Gasteiger partial charge in [-0.25, -0.2) is 4.39 Å². The highest BCUT2D eigenvalue weighted by atomic mass is 35.5. The van der Waals surface area contributed by atoms with Gasteiger partial charge in [0.2, 0.25) is 0 Å². The van der Waals surface area contributed by atoms with E-state index in [-0.39, 0.29) is 42.4 Å². The fraction of sp³-hybridized carbons (Fsp3) is 0.667. The molecule has 7 heteroatoms. The van der Waals surface area contributed by atoms with Crippen molar-refractivity contribution in [3.8, 4) is 5.75 Å². The van der Waals surface area contributed by atoms with Crippen molar-refractivity contribution < 1.29 is 9.13 Å². The summed E-state index contributed by atoms with van der Waals surface area (Å²) in [6.07, 6.45) is 2.13. The van der Waals surface area contributed by atoms with E-state index in [9.17, 15) is 4.39 Å². The maximum absolute atomic E-state index is 14.4. The van der Waals surface area contributed by atoms with Crippen molar-refractivity contribution in [3.05, 3.63) is 28.5 Å². The van der Waals surface area contributed by atoms with Crippen LogP contribution in [0.15, 0.2) is 12.1 Å². The van der Waals surface area contributed by atoms with E-state index >= 15 is 0 Å². The Kier molecular flexibility index (Phi) is 12.1. The van der Waals surface area contributed by atoms with E-state index in [2.05, 4.69) is 24.1 Å². The summed E-state index contributed by atoms with van der Waals surface area (Å²) in [5.41, 5.74) is 0.957. The average Bonchev–Trinajstić information content (AvgIpc) is 2.52. The molecule has 1 aliphatic heterocycles. The Morgan fingerprint density at radius 2 is 1.84 bits per heavy atom. The van der Waals surface area contributed by atoms with Crippen LogP contribution in [0, 0.1) is 11.7 Å². The molecule has 0 aromatic heterocycles. The summed E-state index contributed by atoms with van der Waals surface area (Å²) in [6, 6.07) is 3.69. The number of benzene rings is 1. The Hall–Kier alpha value is -0.260. The van der Waals surface area contributed by atoms with Gasteiger partial charge in [0.25, 0.3) is 0 Å². The Morgan fingerprint density at radius 1 is 1.20 bits per heavy atom. The minimum atomic E-state index is -0.362. The number of hydrogen-bond acceptors (Lipinski definition) is 3. The normalized spacial score (nSPS) is 16.1. The van der Waals surface area contributed by atoms with Crippen molar-refractivity contribution in [1.29, 1.82) is 0 Å². The summed E-state index contributed by atoms with van der Waals surface area (Å²) < 4.78 is 19.7. The lowest BCUT2D eigenvalue weighted by atomic mass is 9.95. The summed E-state index contributed by atoms with van der Waals surface area (Å²) in [5.74, 6) is 0.434. The van der Waals surface area contributed by atoms with E-state index < -0.39 is 0 Å². The molecule has 1 fully saturated rings. The van der Waals surface area contributed by atoms with Crippen molar-refractivity contribution >= 4 is 36.4 Å². The van der Waals surface area contributed by atoms with Gasteiger partial charge < -0.3 is 10.1 Å². The Morgan fingerprint density at radius 3 is 2.36 bits per heavy atom. The highest BCUT2D eigenvalue weighted by Gasteiger charge is 2.24. The first-order chi connectivity index (χ1) is 11.0. The van der Waals surface area contributed by atoms with E-state index in [0.29, 0.717) is 17.5 Å². The molecule has 0 saturated carbocycles. The Bertz CT molecular complexity index is 488. The zero-order chi connectivity index (χ0) is 16.8. The van der Waals surface area contributed by atoms with E-state index in [1.165, 1.54) is 0 Å². The van der Waals surface area contributed by atoms with Gasteiger partial charge in [-0.2, -0.15) is 0 Å². The summed E-state index contributed by atoms with van der Waals surface area (Å²) >= 11 is 6.26. The third-order valence-electron chi connectivity index (χ3n) is 4.30. The van der Waals surface area contributed by atoms with E-state index in [1.54, 1.807) is 6.07 Å². The van der Waals surface area contributed by atoms with Crippen molar-refractivity contribution in [2.45, 2.75) is 39.7 Å². The number of piperazine rings is 1. The predicted molar refractivity (Wildman–Crippen MR) is 108 cm³/mol. The highest BCUT2D eigenvalue weighted by molar-refractivity contribution is 6.32. The fourth-order valence-corrected chi connectivity index (χ4v) is 3.37. The van der Waals surface area contributed by atoms with Crippen LogP contribution in [0.3, 0.4) is 0 Å². The van der Waals surface area contributed by atoms with Crippen LogP contribution in [0.2, 0.25) is 5.02 Å².